The van der Waals surface area contributed by atoms with Crippen molar-refractivity contribution in [2.75, 3.05) is 0 Å². The minimum atomic E-state index is -0.0840. The van der Waals surface area contributed by atoms with Crippen LogP contribution in [0.3, 0.4) is 0 Å². The lowest BCUT2D eigenvalue weighted by Gasteiger charge is -2.17. The van der Waals surface area contributed by atoms with Crippen LogP contribution in [-0.4, -0.2) is 20.5 Å². The van der Waals surface area contributed by atoms with Crippen LogP contribution in [-0.2, 0) is 13.5 Å². The Morgan fingerprint density at radius 1 is 1.47 bits per heavy atom. The Morgan fingerprint density at radius 3 is 3.00 bits per heavy atom. The van der Waals surface area contributed by atoms with E-state index in [0.717, 1.165) is 6.42 Å². The molecule has 1 aromatic heterocycles. The summed E-state index contributed by atoms with van der Waals surface area (Å²) in [6.07, 6.45) is 4.24. The molecule has 0 spiro atoms. The highest BCUT2D eigenvalue weighted by atomic mass is 79.9. The van der Waals surface area contributed by atoms with Gasteiger partial charge in [0, 0.05) is 18.1 Å². The van der Waals surface area contributed by atoms with Gasteiger partial charge in [-0.05, 0) is 17.5 Å². The lowest BCUT2D eigenvalue weighted by atomic mass is 10.1. The zero-order valence-electron chi connectivity index (χ0n) is 10.5. The van der Waals surface area contributed by atoms with E-state index >= 15 is 0 Å². The van der Waals surface area contributed by atoms with E-state index in [9.17, 15) is 4.79 Å². The number of carbonyl (C=O) groups is 1. The molecule has 4 nitrogen and oxygen atoms in total. The van der Waals surface area contributed by atoms with Crippen LogP contribution in [0, 0.1) is 0 Å². The van der Waals surface area contributed by atoms with Gasteiger partial charge >= 0.3 is 0 Å². The predicted octanol–water partition coefficient (Wildman–Crippen LogP) is 2.21. The first-order valence-corrected chi connectivity index (χ1v) is 7.08. The maximum atomic E-state index is 12.2. The van der Waals surface area contributed by atoms with Crippen molar-refractivity contribution >= 4 is 21.8 Å². The second-order valence-electron chi connectivity index (χ2n) is 4.77. The molecule has 19 heavy (non-hydrogen) atoms. The van der Waals surface area contributed by atoms with Gasteiger partial charge in [0.1, 0.15) is 0 Å². The quantitative estimate of drug-likeness (QED) is 0.863. The summed E-state index contributed by atoms with van der Waals surface area (Å²) < 4.78 is 1.63. The number of nitrogens with one attached hydrogen (secondary N) is 1. The van der Waals surface area contributed by atoms with E-state index < -0.39 is 0 Å². The first kappa shape index (κ1) is 12.4. The monoisotopic (exact) mass is 319 g/mol. The molecule has 1 aliphatic carbocycles. The van der Waals surface area contributed by atoms with Gasteiger partial charge < -0.3 is 5.32 Å². The molecule has 1 amide bonds. The number of hydrogen-bond acceptors (Lipinski definition) is 2. The molecule has 2 unspecified atom stereocenters. The molecule has 2 aromatic rings. The molecule has 98 valence electrons. The Kier molecular flexibility index (Phi) is 3.14. The van der Waals surface area contributed by atoms with Gasteiger partial charge in [-0.2, -0.15) is 5.10 Å². The average molecular weight is 320 g/mol. The Bertz CT molecular complexity index is 623. The number of halogens is 1. The van der Waals surface area contributed by atoms with E-state index in [4.69, 9.17) is 0 Å². The molecule has 0 radical (unpaired) electrons. The number of rotatable bonds is 2. The summed E-state index contributed by atoms with van der Waals surface area (Å²) in [6.45, 7) is 0. The van der Waals surface area contributed by atoms with E-state index in [2.05, 4.69) is 38.5 Å². The van der Waals surface area contributed by atoms with Crippen molar-refractivity contribution in [3.63, 3.8) is 0 Å². The molecule has 1 aliphatic rings. The van der Waals surface area contributed by atoms with Gasteiger partial charge in [0.05, 0.1) is 17.8 Å². The van der Waals surface area contributed by atoms with Crippen LogP contribution < -0.4 is 5.32 Å². The third kappa shape index (κ3) is 2.30. The van der Waals surface area contributed by atoms with Crippen molar-refractivity contribution in [3.05, 3.63) is 53.3 Å². The van der Waals surface area contributed by atoms with E-state index in [1.54, 1.807) is 24.1 Å². The molecule has 0 fully saturated rings. The molecule has 0 saturated carbocycles. The second-order valence-corrected chi connectivity index (χ2v) is 5.95. The molecular formula is C14H14BrN3O. The highest BCUT2D eigenvalue weighted by Crippen LogP contribution is 2.35. The lowest BCUT2D eigenvalue weighted by Crippen LogP contribution is -2.31. The average Bonchev–Trinajstić information content (AvgIpc) is 2.95. The zero-order valence-corrected chi connectivity index (χ0v) is 12.1. The minimum absolute atomic E-state index is 0.0175. The fraction of sp³-hybridized carbons (Fsp3) is 0.286. The molecule has 2 atom stereocenters. The van der Waals surface area contributed by atoms with Crippen LogP contribution in [0.2, 0.25) is 0 Å². The highest BCUT2D eigenvalue weighted by molar-refractivity contribution is 9.09. The first-order chi connectivity index (χ1) is 9.15. The van der Waals surface area contributed by atoms with Crippen LogP contribution in [0.1, 0.15) is 27.5 Å². The highest BCUT2D eigenvalue weighted by Gasteiger charge is 2.31. The van der Waals surface area contributed by atoms with E-state index in [0.29, 0.717) is 5.56 Å². The smallest absolute Gasteiger partial charge is 0.254 e. The molecular weight excluding hydrogens is 306 g/mol. The van der Waals surface area contributed by atoms with Crippen molar-refractivity contribution in [1.29, 1.82) is 0 Å². The van der Waals surface area contributed by atoms with Crippen molar-refractivity contribution in [3.8, 4) is 0 Å². The number of amides is 1. The topological polar surface area (TPSA) is 46.9 Å². The number of carbonyl (C=O) groups excluding carboxylic acids is 1. The number of aromatic nitrogens is 2. The fourth-order valence-corrected chi connectivity index (χ4v) is 3.24. The maximum Gasteiger partial charge on any atom is 0.254 e. The van der Waals surface area contributed by atoms with Gasteiger partial charge in [-0.25, -0.2) is 0 Å². The summed E-state index contributed by atoms with van der Waals surface area (Å²) in [7, 11) is 1.80. The molecule has 1 aromatic carbocycles. The Hall–Kier alpha value is -1.62. The standard InChI is InChI=1S/C14H14BrN3O/c1-18-8-10(7-16-18)14(19)17-13-11-5-3-2-4-9(11)6-12(13)15/h2-5,7-8,12-13H,6H2,1H3,(H,17,19). The van der Waals surface area contributed by atoms with E-state index in [1.165, 1.54) is 11.1 Å². The summed E-state index contributed by atoms with van der Waals surface area (Å²) in [6, 6.07) is 8.24. The molecule has 0 aliphatic heterocycles. The zero-order chi connectivity index (χ0) is 13.4. The fourth-order valence-electron chi connectivity index (χ4n) is 2.48. The van der Waals surface area contributed by atoms with Crippen LogP contribution in [0.25, 0.3) is 0 Å². The van der Waals surface area contributed by atoms with Crippen LogP contribution in [0.15, 0.2) is 36.7 Å². The third-order valence-electron chi connectivity index (χ3n) is 3.42. The van der Waals surface area contributed by atoms with Crippen molar-refractivity contribution in [1.82, 2.24) is 15.1 Å². The number of fused-ring (bicyclic) bond motifs is 1. The Morgan fingerprint density at radius 2 is 2.26 bits per heavy atom. The van der Waals surface area contributed by atoms with Gasteiger partial charge in [0.15, 0.2) is 0 Å². The van der Waals surface area contributed by atoms with Gasteiger partial charge in [-0.1, -0.05) is 40.2 Å². The molecule has 5 heteroatoms. The molecule has 0 saturated heterocycles. The number of benzene rings is 1. The van der Waals surface area contributed by atoms with Crippen molar-refractivity contribution in [2.45, 2.75) is 17.3 Å². The third-order valence-corrected chi connectivity index (χ3v) is 4.27. The van der Waals surface area contributed by atoms with Crippen LogP contribution >= 0.6 is 15.9 Å². The van der Waals surface area contributed by atoms with E-state index in [-0.39, 0.29) is 16.8 Å². The second kappa shape index (κ2) is 4.81. The van der Waals surface area contributed by atoms with E-state index in [1.807, 2.05) is 12.1 Å². The molecule has 3 rings (SSSR count). The van der Waals surface area contributed by atoms with Gasteiger partial charge in [-0.15, -0.1) is 0 Å². The largest absolute Gasteiger partial charge is 0.344 e. The predicted molar refractivity (Wildman–Crippen MR) is 76.3 cm³/mol. The number of nitrogens with zero attached hydrogens (tertiary/aromatic N) is 2. The summed E-state index contributed by atoms with van der Waals surface area (Å²) in [5.74, 6) is -0.0840. The van der Waals surface area contributed by atoms with Gasteiger partial charge in [-0.3, -0.25) is 9.48 Å². The molecule has 1 heterocycles. The number of alkyl halides is 1. The Labute approximate surface area is 119 Å². The van der Waals surface area contributed by atoms with Gasteiger partial charge in [0.25, 0.3) is 5.91 Å². The van der Waals surface area contributed by atoms with Gasteiger partial charge in [0.2, 0.25) is 0 Å². The normalized spacial score (nSPS) is 21.2. The summed E-state index contributed by atoms with van der Waals surface area (Å²) >= 11 is 3.66. The first-order valence-electron chi connectivity index (χ1n) is 6.16. The minimum Gasteiger partial charge on any atom is -0.344 e. The molecule has 0 bridgehead atoms. The SMILES string of the molecule is Cn1cc(C(=O)NC2c3ccccc3CC2Br)cn1. The summed E-state index contributed by atoms with van der Waals surface area (Å²) in [5.41, 5.74) is 3.08. The molecule has 1 N–H and O–H groups in total. The maximum absolute atomic E-state index is 12.2. The summed E-state index contributed by atoms with van der Waals surface area (Å²) in [5, 5.41) is 7.10. The van der Waals surface area contributed by atoms with Crippen LogP contribution in [0.5, 0.6) is 0 Å². The summed E-state index contributed by atoms with van der Waals surface area (Å²) in [4.78, 5) is 12.4. The van der Waals surface area contributed by atoms with Crippen molar-refractivity contribution < 1.29 is 4.79 Å². The number of hydrogen-bond donors (Lipinski definition) is 1. The Balaban J connectivity index is 1.82. The number of aryl methyl sites for hydroxylation is 1. The van der Waals surface area contributed by atoms with Crippen LogP contribution in [0.4, 0.5) is 0 Å². The lowest BCUT2D eigenvalue weighted by molar-refractivity contribution is 0.0938. The van der Waals surface area contributed by atoms with Crippen molar-refractivity contribution in [2.24, 2.45) is 7.05 Å².